The molecule has 140 valence electrons. The number of benzene rings is 2. The SMILES string of the molecule is Cc1ccc(NC(=O)[C@@H](C)OC(=O)/C=C/c2cccc([N+](=O)[O-])c2)c(C)c1. The zero-order valence-corrected chi connectivity index (χ0v) is 15.3. The molecule has 0 spiro atoms. The molecular weight excluding hydrogens is 348 g/mol. The van der Waals surface area contributed by atoms with Gasteiger partial charge in [0, 0.05) is 23.9 Å². The largest absolute Gasteiger partial charge is 0.449 e. The zero-order chi connectivity index (χ0) is 20.0. The predicted molar refractivity (Wildman–Crippen MR) is 102 cm³/mol. The normalized spacial score (nSPS) is 11.8. The van der Waals surface area contributed by atoms with E-state index in [1.807, 2.05) is 26.0 Å². The molecule has 0 bridgehead atoms. The van der Waals surface area contributed by atoms with Crippen LogP contribution >= 0.6 is 0 Å². The second-order valence-electron chi connectivity index (χ2n) is 6.07. The number of non-ortho nitro benzene ring substituents is 1. The summed E-state index contributed by atoms with van der Waals surface area (Å²) in [5, 5.41) is 13.5. The first-order valence-corrected chi connectivity index (χ1v) is 8.27. The topological polar surface area (TPSA) is 98.5 Å². The number of esters is 1. The van der Waals surface area contributed by atoms with E-state index in [2.05, 4.69) is 5.32 Å². The average Bonchev–Trinajstić information content (AvgIpc) is 2.62. The molecule has 2 aromatic carbocycles. The van der Waals surface area contributed by atoms with Crippen molar-refractivity contribution >= 4 is 29.3 Å². The van der Waals surface area contributed by atoms with E-state index in [4.69, 9.17) is 4.74 Å². The Bertz CT molecular complexity index is 905. The number of nitrogens with one attached hydrogen (secondary N) is 1. The van der Waals surface area contributed by atoms with Crippen molar-refractivity contribution < 1.29 is 19.2 Å². The van der Waals surface area contributed by atoms with Gasteiger partial charge in [-0.25, -0.2) is 4.79 Å². The number of anilines is 1. The molecule has 0 aliphatic heterocycles. The number of carbonyl (C=O) groups excluding carboxylic acids is 2. The molecule has 7 nitrogen and oxygen atoms in total. The van der Waals surface area contributed by atoms with Gasteiger partial charge in [-0.3, -0.25) is 14.9 Å². The smallest absolute Gasteiger partial charge is 0.331 e. The van der Waals surface area contributed by atoms with Crippen LogP contribution in [0.3, 0.4) is 0 Å². The Morgan fingerprint density at radius 1 is 1.19 bits per heavy atom. The second-order valence-corrected chi connectivity index (χ2v) is 6.07. The number of carbonyl (C=O) groups is 2. The highest BCUT2D eigenvalue weighted by atomic mass is 16.6. The van der Waals surface area contributed by atoms with Gasteiger partial charge in [0.2, 0.25) is 0 Å². The molecule has 2 aromatic rings. The fraction of sp³-hybridized carbons (Fsp3) is 0.200. The van der Waals surface area contributed by atoms with Gasteiger partial charge in [0.05, 0.1) is 4.92 Å². The first-order chi connectivity index (χ1) is 12.8. The highest BCUT2D eigenvalue weighted by Crippen LogP contribution is 2.17. The molecule has 2 rings (SSSR count). The summed E-state index contributed by atoms with van der Waals surface area (Å²) in [6, 6.07) is 11.4. The maximum atomic E-state index is 12.2. The summed E-state index contributed by atoms with van der Waals surface area (Å²) in [4.78, 5) is 34.3. The first-order valence-electron chi connectivity index (χ1n) is 8.27. The van der Waals surface area contributed by atoms with Gasteiger partial charge in [-0.05, 0) is 44.0 Å². The fourth-order valence-electron chi connectivity index (χ4n) is 2.36. The number of rotatable bonds is 6. The number of nitro benzene ring substituents is 1. The van der Waals surface area contributed by atoms with Gasteiger partial charge in [-0.1, -0.05) is 29.8 Å². The van der Waals surface area contributed by atoms with Gasteiger partial charge in [0.25, 0.3) is 11.6 Å². The van der Waals surface area contributed by atoms with Crippen LogP contribution in [-0.2, 0) is 14.3 Å². The minimum Gasteiger partial charge on any atom is -0.449 e. The van der Waals surface area contributed by atoms with Crippen molar-refractivity contribution in [3.63, 3.8) is 0 Å². The van der Waals surface area contributed by atoms with Crippen molar-refractivity contribution in [2.75, 3.05) is 5.32 Å². The molecular formula is C20H20N2O5. The van der Waals surface area contributed by atoms with Crippen LogP contribution in [0.4, 0.5) is 11.4 Å². The number of ether oxygens (including phenoxy) is 1. The lowest BCUT2D eigenvalue weighted by atomic mass is 10.1. The maximum absolute atomic E-state index is 12.2. The lowest BCUT2D eigenvalue weighted by molar-refractivity contribution is -0.384. The van der Waals surface area contributed by atoms with E-state index in [1.165, 1.54) is 31.2 Å². The van der Waals surface area contributed by atoms with Gasteiger partial charge in [-0.15, -0.1) is 0 Å². The third-order valence-electron chi connectivity index (χ3n) is 3.79. The van der Waals surface area contributed by atoms with Gasteiger partial charge < -0.3 is 10.1 Å². The fourth-order valence-corrected chi connectivity index (χ4v) is 2.36. The summed E-state index contributed by atoms with van der Waals surface area (Å²) in [6.45, 7) is 5.30. The quantitative estimate of drug-likeness (QED) is 0.362. The summed E-state index contributed by atoms with van der Waals surface area (Å²) in [5.41, 5.74) is 3.05. The van der Waals surface area contributed by atoms with Crippen molar-refractivity contribution in [3.05, 3.63) is 75.3 Å². The van der Waals surface area contributed by atoms with Crippen LogP contribution in [0.2, 0.25) is 0 Å². The number of hydrogen-bond donors (Lipinski definition) is 1. The standard InChI is InChI=1S/C20H20N2O5/c1-13-7-9-18(14(2)11-13)21-20(24)15(3)27-19(23)10-8-16-5-4-6-17(12-16)22(25)26/h4-12,15H,1-3H3,(H,21,24)/b10-8+/t15-/m1/s1. The molecule has 0 aliphatic carbocycles. The summed E-state index contributed by atoms with van der Waals surface area (Å²) >= 11 is 0. The summed E-state index contributed by atoms with van der Waals surface area (Å²) in [6.07, 6.45) is 1.53. The number of aryl methyl sites for hydroxylation is 2. The molecule has 0 aromatic heterocycles. The third kappa shape index (κ3) is 5.78. The Morgan fingerprint density at radius 3 is 2.59 bits per heavy atom. The van der Waals surface area contributed by atoms with Gasteiger partial charge in [0.15, 0.2) is 6.10 Å². The maximum Gasteiger partial charge on any atom is 0.331 e. The monoisotopic (exact) mass is 368 g/mol. The number of amides is 1. The lowest BCUT2D eigenvalue weighted by Crippen LogP contribution is -2.29. The highest BCUT2D eigenvalue weighted by Gasteiger charge is 2.17. The Morgan fingerprint density at radius 2 is 1.93 bits per heavy atom. The van der Waals surface area contributed by atoms with Gasteiger partial charge in [0.1, 0.15) is 0 Å². The zero-order valence-electron chi connectivity index (χ0n) is 15.3. The van der Waals surface area contributed by atoms with Crippen molar-refractivity contribution in [2.45, 2.75) is 26.9 Å². The van der Waals surface area contributed by atoms with Crippen LogP contribution in [0.5, 0.6) is 0 Å². The van der Waals surface area contributed by atoms with E-state index >= 15 is 0 Å². The Hall–Kier alpha value is -3.48. The lowest BCUT2D eigenvalue weighted by Gasteiger charge is -2.14. The molecule has 0 unspecified atom stereocenters. The van der Waals surface area contributed by atoms with Crippen LogP contribution < -0.4 is 5.32 Å². The van der Waals surface area contributed by atoms with Crippen molar-refractivity contribution in [2.24, 2.45) is 0 Å². The number of nitro groups is 1. The molecule has 1 N–H and O–H groups in total. The first kappa shape index (κ1) is 19.8. The van der Waals surface area contributed by atoms with E-state index < -0.39 is 22.9 Å². The molecule has 0 saturated heterocycles. The predicted octanol–water partition coefficient (Wildman–Crippen LogP) is 3.80. The van der Waals surface area contributed by atoms with Crippen molar-refractivity contribution in [1.82, 2.24) is 0 Å². The molecule has 27 heavy (non-hydrogen) atoms. The Balaban J connectivity index is 1.95. The van der Waals surface area contributed by atoms with E-state index in [0.29, 0.717) is 11.3 Å². The van der Waals surface area contributed by atoms with Crippen LogP contribution in [0.1, 0.15) is 23.6 Å². The van der Waals surface area contributed by atoms with Gasteiger partial charge >= 0.3 is 5.97 Å². The molecule has 0 aliphatic rings. The van der Waals surface area contributed by atoms with Crippen LogP contribution in [-0.4, -0.2) is 22.9 Å². The molecule has 7 heteroatoms. The van der Waals surface area contributed by atoms with Gasteiger partial charge in [-0.2, -0.15) is 0 Å². The number of nitrogens with zero attached hydrogens (tertiary/aromatic N) is 1. The molecule has 1 amide bonds. The molecule has 0 heterocycles. The average molecular weight is 368 g/mol. The van der Waals surface area contributed by atoms with Crippen LogP contribution in [0.25, 0.3) is 6.08 Å². The molecule has 0 saturated carbocycles. The summed E-state index contributed by atoms with van der Waals surface area (Å²) in [5.74, 6) is -1.16. The molecule has 0 fully saturated rings. The van der Waals surface area contributed by atoms with E-state index in [9.17, 15) is 19.7 Å². The number of hydrogen-bond acceptors (Lipinski definition) is 5. The van der Waals surface area contributed by atoms with E-state index in [-0.39, 0.29) is 5.69 Å². The summed E-state index contributed by atoms with van der Waals surface area (Å²) in [7, 11) is 0. The molecule has 0 radical (unpaired) electrons. The van der Waals surface area contributed by atoms with E-state index in [1.54, 1.807) is 12.1 Å². The third-order valence-corrected chi connectivity index (χ3v) is 3.79. The minimum absolute atomic E-state index is 0.0771. The van der Waals surface area contributed by atoms with Crippen molar-refractivity contribution in [1.29, 1.82) is 0 Å². The highest BCUT2D eigenvalue weighted by molar-refractivity contribution is 5.97. The van der Waals surface area contributed by atoms with Crippen LogP contribution in [0.15, 0.2) is 48.5 Å². The Kier molecular flexibility index (Phi) is 6.43. The van der Waals surface area contributed by atoms with Crippen LogP contribution in [0, 0.1) is 24.0 Å². The summed E-state index contributed by atoms with van der Waals surface area (Å²) < 4.78 is 5.08. The van der Waals surface area contributed by atoms with Crippen molar-refractivity contribution in [3.8, 4) is 0 Å². The second kappa shape index (κ2) is 8.75. The van der Waals surface area contributed by atoms with E-state index in [0.717, 1.165) is 17.2 Å². The Labute approximate surface area is 156 Å². The minimum atomic E-state index is -0.993. The molecule has 1 atom stereocenters.